The predicted molar refractivity (Wildman–Crippen MR) is 111 cm³/mol. The highest BCUT2D eigenvalue weighted by Gasteiger charge is 2.36. The van der Waals surface area contributed by atoms with Gasteiger partial charge in [0.15, 0.2) is 11.5 Å². The van der Waals surface area contributed by atoms with Crippen LogP contribution in [0.15, 0.2) is 36.5 Å². The van der Waals surface area contributed by atoms with Gasteiger partial charge in [0.25, 0.3) is 5.91 Å². The zero-order valence-corrected chi connectivity index (χ0v) is 17.4. The molecule has 0 aliphatic carbocycles. The second-order valence-electron chi connectivity index (χ2n) is 6.26. The van der Waals surface area contributed by atoms with Crippen LogP contribution in [0.2, 0.25) is 10.0 Å². The molecular weight excluding hydrogens is 474 g/mol. The Balaban J connectivity index is 2.14. The maximum Gasteiger partial charge on any atom is 0.435 e. The molecule has 3 rings (SSSR count). The molecule has 0 saturated carbocycles. The number of rotatable bonds is 6. The Morgan fingerprint density at radius 3 is 2.59 bits per heavy atom. The third-order valence-electron chi connectivity index (χ3n) is 4.19. The Labute approximate surface area is 188 Å². The maximum atomic E-state index is 13.3. The van der Waals surface area contributed by atoms with E-state index in [1.165, 1.54) is 30.5 Å². The van der Waals surface area contributed by atoms with E-state index >= 15 is 0 Å². The van der Waals surface area contributed by atoms with Crippen molar-refractivity contribution in [3.8, 4) is 5.82 Å². The fourth-order valence-corrected chi connectivity index (χ4v) is 3.20. The number of anilines is 2. The van der Waals surface area contributed by atoms with E-state index in [0.29, 0.717) is 15.8 Å². The lowest BCUT2D eigenvalue weighted by molar-refractivity contribution is -0.141. The van der Waals surface area contributed by atoms with Crippen LogP contribution < -0.4 is 21.9 Å². The standard InChI is InChI=1S/C18H14Cl2F3N7O2/c19-10-4-9(7-24)15(12(5-10)29(25)8-31)27-17(32)13-6-14(18(21,22)23)28-30(13)16-11(20)2-1-3-26-16/h1-6,8H,7,24-25H2,(H,27,32). The van der Waals surface area contributed by atoms with Crippen molar-refractivity contribution in [1.29, 1.82) is 0 Å². The van der Waals surface area contributed by atoms with Crippen LogP contribution in [-0.4, -0.2) is 27.1 Å². The first-order valence-corrected chi connectivity index (χ1v) is 9.43. The van der Waals surface area contributed by atoms with Crippen LogP contribution in [0.3, 0.4) is 0 Å². The number of aromatic nitrogens is 3. The molecule has 14 heteroatoms. The normalized spacial score (nSPS) is 11.3. The van der Waals surface area contributed by atoms with E-state index in [9.17, 15) is 22.8 Å². The van der Waals surface area contributed by atoms with E-state index in [-0.39, 0.29) is 45.8 Å². The van der Waals surface area contributed by atoms with Crippen LogP contribution >= 0.6 is 23.2 Å². The lowest BCUT2D eigenvalue weighted by Gasteiger charge is -2.20. The second kappa shape index (κ2) is 9.12. The quantitative estimate of drug-likeness (QED) is 0.212. The first kappa shape index (κ1) is 23.5. The van der Waals surface area contributed by atoms with E-state index in [1.807, 2.05) is 0 Å². The Morgan fingerprint density at radius 2 is 2.00 bits per heavy atom. The molecule has 0 aliphatic rings. The highest BCUT2D eigenvalue weighted by atomic mass is 35.5. The minimum atomic E-state index is -4.85. The molecule has 3 aromatic rings. The lowest BCUT2D eigenvalue weighted by Crippen LogP contribution is -2.31. The molecule has 0 fully saturated rings. The molecule has 0 bridgehead atoms. The van der Waals surface area contributed by atoms with Crippen molar-refractivity contribution in [3.05, 3.63) is 63.5 Å². The molecule has 2 amide bonds. The van der Waals surface area contributed by atoms with Crippen molar-refractivity contribution < 1.29 is 22.8 Å². The fourth-order valence-electron chi connectivity index (χ4n) is 2.77. The molecule has 0 atom stereocenters. The zero-order chi connectivity index (χ0) is 23.6. The number of halogens is 5. The molecule has 0 spiro atoms. The topological polar surface area (TPSA) is 132 Å². The second-order valence-corrected chi connectivity index (χ2v) is 7.11. The summed E-state index contributed by atoms with van der Waals surface area (Å²) in [7, 11) is 0. The van der Waals surface area contributed by atoms with E-state index < -0.39 is 23.5 Å². The van der Waals surface area contributed by atoms with Crippen molar-refractivity contribution in [1.82, 2.24) is 14.8 Å². The number of nitrogens with one attached hydrogen (secondary N) is 1. The van der Waals surface area contributed by atoms with E-state index in [2.05, 4.69) is 15.4 Å². The van der Waals surface area contributed by atoms with E-state index in [1.54, 1.807) is 0 Å². The molecule has 168 valence electrons. The minimum absolute atomic E-state index is 0.0232. The highest BCUT2D eigenvalue weighted by molar-refractivity contribution is 6.32. The smallest absolute Gasteiger partial charge is 0.326 e. The number of nitrogens with two attached hydrogens (primary N) is 2. The summed E-state index contributed by atoms with van der Waals surface area (Å²) in [6.45, 7) is -0.130. The van der Waals surface area contributed by atoms with Gasteiger partial charge in [0.05, 0.1) is 16.4 Å². The van der Waals surface area contributed by atoms with Gasteiger partial charge in [0, 0.05) is 23.8 Å². The number of carbonyl (C=O) groups is 2. The van der Waals surface area contributed by atoms with Crippen LogP contribution in [0.4, 0.5) is 24.5 Å². The molecule has 32 heavy (non-hydrogen) atoms. The summed E-state index contributed by atoms with van der Waals surface area (Å²) >= 11 is 12.0. The summed E-state index contributed by atoms with van der Waals surface area (Å²) in [6, 6.07) is 6.06. The molecule has 1 aromatic carbocycles. The average Bonchev–Trinajstić information content (AvgIpc) is 3.20. The van der Waals surface area contributed by atoms with Gasteiger partial charge in [0.2, 0.25) is 6.41 Å². The summed E-state index contributed by atoms with van der Waals surface area (Å²) in [6.07, 6.45) is -3.32. The van der Waals surface area contributed by atoms with Gasteiger partial charge in [-0.05, 0) is 29.8 Å². The summed E-state index contributed by atoms with van der Waals surface area (Å²) in [5, 5.41) is 6.64. The van der Waals surface area contributed by atoms with Crippen LogP contribution in [-0.2, 0) is 17.5 Å². The van der Waals surface area contributed by atoms with Crippen LogP contribution in [0, 0.1) is 0 Å². The monoisotopic (exact) mass is 487 g/mol. The van der Waals surface area contributed by atoms with Gasteiger partial charge in [-0.3, -0.25) is 9.59 Å². The van der Waals surface area contributed by atoms with Crippen molar-refractivity contribution in [3.63, 3.8) is 0 Å². The number of hydrogen-bond acceptors (Lipinski definition) is 6. The van der Waals surface area contributed by atoms with Crippen molar-refractivity contribution in [2.75, 3.05) is 10.3 Å². The van der Waals surface area contributed by atoms with E-state index in [0.717, 1.165) is 0 Å². The van der Waals surface area contributed by atoms with Crippen molar-refractivity contribution >= 4 is 46.9 Å². The Morgan fingerprint density at radius 1 is 1.28 bits per heavy atom. The first-order valence-electron chi connectivity index (χ1n) is 8.68. The van der Waals surface area contributed by atoms with E-state index in [4.69, 9.17) is 34.8 Å². The number of carbonyl (C=O) groups excluding carboxylic acids is 2. The van der Waals surface area contributed by atoms with Gasteiger partial charge in [0.1, 0.15) is 5.69 Å². The minimum Gasteiger partial charge on any atom is -0.326 e. The molecule has 2 heterocycles. The van der Waals surface area contributed by atoms with Gasteiger partial charge >= 0.3 is 6.18 Å². The van der Waals surface area contributed by atoms with Gasteiger partial charge in [-0.25, -0.2) is 20.5 Å². The molecule has 9 nitrogen and oxygen atoms in total. The molecule has 0 saturated heterocycles. The Bertz CT molecular complexity index is 1180. The number of benzene rings is 1. The molecule has 2 aromatic heterocycles. The summed E-state index contributed by atoms with van der Waals surface area (Å²) in [4.78, 5) is 28.1. The van der Waals surface area contributed by atoms with Gasteiger partial charge in [-0.15, -0.1) is 0 Å². The van der Waals surface area contributed by atoms with Gasteiger partial charge in [-0.2, -0.15) is 18.3 Å². The van der Waals surface area contributed by atoms with Crippen LogP contribution in [0.1, 0.15) is 21.7 Å². The Hall–Kier alpha value is -3.19. The number of amides is 2. The summed E-state index contributed by atoms with van der Waals surface area (Å²) in [5.41, 5.74) is 4.05. The highest BCUT2D eigenvalue weighted by Crippen LogP contribution is 2.34. The predicted octanol–water partition coefficient (Wildman–Crippen LogP) is 3.14. The van der Waals surface area contributed by atoms with Crippen molar-refractivity contribution in [2.45, 2.75) is 12.7 Å². The molecule has 0 radical (unpaired) electrons. The lowest BCUT2D eigenvalue weighted by atomic mass is 10.1. The van der Waals surface area contributed by atoms with Gasteiger partial charge in [-0.1, -0.05) is 23.2 Å². The number of hydrogen-bond donors (Lipinski definition) is 3. The molecule has 0 aliphatic heterocycles. The number of alkyl halides is 3. The average molecular weight is 488 g/mol. The summed E-state index contributed by atoms with van der Waals surface area (Å²) in [5.74, 6) is 4.41. The largest absolute Gasteiger partial charge is 0.435 e. The number of pyridine rings is 1. The Kier molecular flexibility index (Phi) is 6.69. The SMILES string of the molecule is NCc1cc(Cl)cc(N(N)C=O)c1NC(=O)c1cc(C(F)(F)F)nn1-c1ncccc1Cl. The zero-order valence-electron chi connectivity index (χ0n) is 15.9. The summed E-state index contributed by atoms with van der Waals surface area (Å²) < 4.78 is 40.6. The molecule has 5 N–H and O–H groups in total. The number of hydrazine groups is 1. The molecule has 0 unspecified atom stereocenters. The maximum absolute atomic E-state index is 13.3. The van der Waals surface area contributed by atoms with Crippen LogP contribution in [0.25, 0.3) is 5.82 Å². The number of nitrogens with zero attached hydrogens (tertiary/aromatic N) is 4. The third kappa shape index (κ3) is 4.67. The first-order chi connectivity index (χ1) is 15.1. The van der Waals surface area contributed by atoms with Gasteiger partial charge < -0.3 is 11.1 Å². The fraction of sp³-hybridized carbons (Fsp3) is 0.111. The molecular formula is C18H14Cl2F3N7O2. The third-order valence-corrected chi connectivity index (χ3v) is 4.70. The van der Waals surface area contributed by atoms with Crippen molar-refractivity contribution in [2.24, 2.45) is 11.6 Å². The van der Waals surface area contributed by atoms with Crippen LogP contribution in [0.5, 0.6) is 0 Å².